The Morgan fingerprint density at radius 2 is 1.63 bits per heavy atom. The van der Waals surface area contributed by atoms with Crippen molar-refractivity contribution in [2.45, 2.75) is 38.4 Å². The average molecular weight is 467 g/mol. The maximum absolute atomic E-state index is 13.2. The fourth-order valence-corrected chi connectivity index (χ4v) is 4.70. The predicted molar refractivity (Wildman–Crippen MR) is 135 cm³/mol. The van der Waals surface area contributed by atoms with Gasteiger partial charge in [-0.25, -0.2) is 4.68 Å². The number of tetrazole rings is 1. The molecule has 7 nitrogen and oxygen atoms in total. The summed E-state index contributed by atoms with van der Waals surface area (Å²) in [7, 11) is 0. The Kier molecular flexibility index (Phi) is 7.24. The standard InChI is InChI=1S/C28H30N6O/c35-28(27(34-21-30-31-32-34)18-22-8-2-1-3-9-22)29-19-25-10-4-5-11-26(25)24-14-12-23(13-15-24)20-33-16-6-7-17-33/h1-5,8-15,21,27H,6-7,16-20H2,(H,29,35). The molecule has 1 N–H and O–H groups in total. The number of amides is 1. The number of aromatic nitrogens is 4. The summed E-state index contributed by atoms with van der Waals surface area (Å²) in [5.41, 5.74) is 5.75. The van der Waals surface area contributed by atoms with Crippen LogP contribution in [0.25, 0.3) is 11.1 Å². The van der Waals surface area contributed by atoms with E-state index in [1.807, 2.05) is 42.5 Å². The van der Waals surface area contributed by atoms with Crippen LogP contribution in [-0.2, 0) is 24.3 Å². The first kappa shape index (κ1) is 22.9. The van der Waals surface area contributed by atoms with Gasteiger partial charge in [0, 0.05) is 19.5 Å². The minimum atomic E-state index is -0.524. The Balaban J connectivity index is 1.28. The van der Waals surface area contributed by atoms with Gasteiger partial charge in [-0.15, -0.1) is 5.10 Å². The molecule has 178 valence electrons. The van der Waals surface area contributed by atoms with E-state index in [1.54, 1.807) is 0 Å². The highest BCUT2D eigenvalue weighted by Crippen LogP contribution is 2.25. The Bertz CT molecular complexity index is 1220. The van der Waals surface area contributed by atoms with Crippen molar-refractivity contribution < 1.29 is 4.79 Å². The molecule has 1 atom stereocenters. The highest BCUT2D eigenvalue weighted by molar-refractivity contribution is 5.81. The molecule has 1 amide bonds. The lowest BCUT2D eigenvalue weighted by Crippen LogP contribution is -2.34. The minimum Gasteiger partial charge on any atom is -0.350 e. The summed E-state index contributed by atoms with van der Waals surface area (Å²) in [6, 6.07) is 26.4. The summed E-state index contributed by atoms with van der Waals surface area (Å²) in [6.07, 6.45) is 4.61. The number of likely N-dealkylation sites (tertiary alicyclic amines) is 1. The van der Waals surface area contributed by atoms with Crippen LogP contribution < -0.4 is 5.32 Å². The van der Waals surface area contributed by atoms with Gasteiger partial charge >= 0.3 is 0 Å². The van der Waals surface area contributed by atoms with Crippen LogP contribution in [0.4, 0.5) is 0 Å². The molecule has 1 saturated heterocycles. The summed E-state index contributed by atoms with van der Waals surface area (Å²) in [5, 5.41) is 14.6. The molecule has 0 aliphatic carbocycles. The zero-order valence-corrected chi connectivity index (χ0v) is 19.8. The lowest BCUT2D eigenvalue weighted by Gasteiger charge is -2.18. The monoisotopic (exact) mass is 466 g/mol. The third kappa shape index (κ3) is 5.81. The first-order valence-corrected chi connectivity index (χ1v) is 12.2. The van der Waals surface area contributed by atoms with E-state index >= 15 is 0 Å². The van der Waals surface area contributed by atoms with Crippen LogP contribution >= 0.6 is 0 Å². The largest absolute Gasteiger partial charge is 0.350 e. The number of hydrogen-bond acceptors (Lipinski definition) is 5. The quantitative estimate of drug-likeness (QED) is 0.403. The molecule has 4 aromatic rings. The van der Waals surface area contributed by atoms with E-state index in [1.165, 1.54) is 42.5 Å². The number of benzene rings is 3. The van der Waals surface area contributed by atoms with Crippen LogP contribution in [0.15, 0.2) is 85.2 Å². The third-order valence-corrected chi connectivity index (χ3v) is 6.60. The predicted octanol–water partition coefficient (Wildman–Crippen LogP) is 4.04. The average Bonchev–Trinajstić information content (AvgIpc) is 3.62. The van der Waals surface area contributed by atoms with E-state index in [2.05, 4.69) is 62.1 Å². The molecule has 1 unspecified atom stereocenters. The van der Waals surface area contributed by atoms with E-state index < -0.39 is 6.04 Å². The van der Waals surface area contributed by atoms with Crippen molar-refractivity contribution in [2.75, 3.05) is 13.1 Å². The molecule has 0 saturated carbocycles. The molecule has 0 bridgehead atoms. The maximum Gasteiger partial charge on any atom is 0.245 e. The lowest BCUT2D eigenvalue weighted by molar-refractivity contribution is -0.124. The number of nitrogens with one attached hydrogen (secondary N) is 1. The summed E-state index contributed by atoms with van der Waals surface area (Å²) in [5.74, 6) is -0.114. The topological polar surface area (TPSA) is 75.9 Å². The molecule has 1 aromatic heterocycles. The summed E-state index contributed by atoms with van der Waals surface area (Å²) < 4.78 is 1.52. The SMILES string of the molecule is O=C(NCc1ccccc1-c1ccc(CN2CCCC2)cc1)C(Cc1ccccc1)n1cnnn1. The van der Waals surface area contributed by atoms with Gasteiger partial charge in [0.1, 0.15) is 12.4 Å². The highest BCUT2D eigenvalue weighted by atomic mass is 16.2. The molecule has 1 aliphatic rings. The zero-order chi connectivity index (χ0) is 23.9. The van der Waals surface area contributed by atoms with Crippen LogP contribution in [0, 0.1) is 0 Å². The third-order valence-electron chi connectivity index (χ3n) is 6.60. The Morgan fingerprint density at radius 3 is 2.37 bits per heavy atom. The fourth-order valence-electron chi connectivity index (χ4n) is 4.70. The van der Waals surface area contributed by atoms with Gasteiger partial charge in [0.25, 0.3) is 0 Å². The van der Waals surface area contributed by atoms with E-state index in [4.69, 9.17) is 0 Å². The van der Waals surface area contributed by atoms with Crippen molar-refractivity contribution in [3.8, 4) is 11.1 Å². The number of rotatable bonds is 9. The van der Waals surface area contributed by atoms with E-state index in [9.17, 15) is 4.79 Å². The molecular formula is C28H30N6O. The van der Waals surface area contributed by atoms with Crippen molar-refractivity contribution in [2.24, 2.45) is 0 Å². The van der Waals surface area contributed by atoms with E-state index in [0.717, 1.165) is 28.8 Å². The van der Waals surface area contributed by atoms with Crippen LogP contribution in [-0.4, -0.2) is 44.1 Å². The molecule has 7 heteroatoms. The van der Waals surface area contributed by atoms with Gasteiger partial charge in [-0.05, 0) is 64.2 Å². The smallest absolute Gasteiger partial charge is 0.245 e. The molecule has 2 heterocycles. The highest BCUT2D eigenvalue weighted by Gasteiger charge is 2.22. The number of hydrogen-bond donors (Lipinski definition) is 1. The van der Waals surface area contributed by atoms with E-state index in [0.29, 0.717) is 13.0 Å². The lowest BCUT2D eigenvalue weighted by atomic mass is 9.98. The molecule has 0 radical (unpaired) electrons. The van der Waals surface area contributed by atoms with Crippen LogP contribution in [0.5, 0.6) is 0 Å². The number of carbonyl (C=O) groups is 1. The van der Waals surface area contributed by atoms with E-state index in [-0.39, 0.29) is 5.91 Å². The van der Waals surface area contributed by atoms with Gasteiger partial charge in [-0.1, -0.05) is 78.9 Å². The molecular weight excluding hydrogens is 436 g/mol. The van der Waals surface area contributed by atoms with Crippen LogP contribution in [0.1, 0.15) is 35.6 Å². The van der Waals surface area contributed by atoms with Gasteiger partial charge in [-0.3, -0.25) is 9.69 Å². The zero-order valence-electron chi connectivity index (χ0n) is 19.8. The van der Waals surface area contributed by atoms with Gasteiger partial charge in [0.15, 0.2) is 0 Å². The Hall–Kier alpha value is -3.84. The molecule has 3 aromatic carbocycles. The van der Waals surface area contributed by atoms with Crippen molar-refractivity contribution >= 4 is 5.91 Å². The molecule has 1 aliphatic heterocycles. The Morgan fingerprint density at radius 1 is 0.886 bits per heavy atom. The van der Waals surface area contributed by atoms with Crippen LogP contribution in [0.2, 0.25) is 0 Å². The molecule has 1 fully saturated rings. The maximum atomic E-state index is 13.2. The van der Waals surface area contributed by atoms with Crippen molar-refractivity contribution in [1.29, 1.82) is 0 Å². The van der Waals surface area contributed by atoms with Gasteiger partial charge < -0.3 is 5.32 Å². The van der Waals surface area contributed by atoms with Crippen molar-refractivity contribution in [1.82, 2.24) is 30.4 Å². The van der Waals surface area contributed by atoms with Gasteiger partial charge in [0.05, 0.1) is 0 Å². The first-order chi connectivity index (χ1) is 17.3. The number of carbonyl (C=O) groups excluding carboxylic acids is 1. The van der Waals surface area contributed by atoms with Crippen molar-refractivity contribution in [3.63, 3.8) is 0 Å². The second kappa shape index (κ2) is 11.1. The summed E-state index contributed by atoms with van der Waals surface area (Å²) in [6.45, 7) is 3.83. The van der Waals surface area contributed by atoms with Gasteiger partial charge in [0.2, 0.25) is 5.91 Å². The number of nitrogens with zero attached hydrogens (tertiary/aromatic N) is 5. The van der Waals surface area contributed by atoms with Gasteiger partial charge in [-0.2, -0.15) is 0 Å². The van der Waals surface area contributed by atoms with Crippen molar-refractivity contribution in [3.05, 3.63) is 102 Å². The molecule has 35 heavy (non-hydrogen) atoms. The molecule has 0 spiro atoms. The fraction of sp³-hybridized carbons (Fsp3) is 0.286. The van der Waals surface area contributed by atoms with Crippen LogP contribution in [0.3, 0.4) is 0 Å². The second-order valence-electron chi connectivity index (χ2n) is 9.05. The second-order valence-corrected chi connectivity index (χ2v) is 9.05. The first-order valence-electron chi connectivity index (χ1n) is 12.2. The minimum absolute atomic E-state index is 0.114. The summed E-state index contributed by atoms with van der Waals surface area (Å²) in [4.78, 5) is 15.8. The normalized spacial score (nSPS) is 14.6. The Labute approximate surface area is 205 Å². The summed E-state index contributed by atoms with van der Waals surface area (Å²) >= 11 is 0. The molecule has 5 rings (SSSR count).